The number of rotatable bonds is 3. The Morgan fingerprint density at radius 2 is 2.10 bits per heavy atom. The lowest BCUT2D eigenvalue weighted by Gasteiger charge is -2.08. The maximum Gasteiger partial charge on any atom is 0.195 e. The van der Waals surface area contributed by atoms with Crippen molar-refractivity contribution in [1.82, 2.24) is 0 Å². The van der Waals surface area contributed by atoms with E-state index in [2.05, 4.69) is 0 Å². The standard InChI is InChI=1S/C16H15NO3/c1-19-12-3-4-13(14(17)9-12)16(18)11-2-5-15-10(8-11)6-7-20-15/h2-5,8-9H,6-7,17H2,1H3. The van der Waals surface area contributed by atoms with E-state index in [1.54, 1.807) is 31.4 Å². The Morgan fingerprint density at radius 3 is 2.85 bits per heavy atom. The first-order chi connectivity index (χ1) is 9.69. The van der Waals surface area contributed by atoms with Crippen LogP contribution in [-0.4, -0.2) is 19.5 Å². The third kappa shape index (κ3) is 2.09. The second kappa shape index (κ2) is 4.89. The molecule has 0 bridgehead atoms. The van der Waals surface area contributed by atoms with Crippen LogP contribution in [0.5, 0.6) is 11.5 Å². The fourth-order valence-electron chi connectivity index (χ4n) is 2.36. The summed E-state index contributed by atoms with van der Waals surface area (Å²) >= 11 is 0. The van der Waals surface area contributed by atoms with Crippen molar-refractivity contribution in [3.8, 4) is 11.5 Å². The van der Waals surface area contributed by atoms with Gasteiger partial charge < -0.3 is 15.2 Å². The van der Waals surface area contributed by atoms with E-state index < -0.39 is 0 Å². The summed E-state index contributed by atoms with van der Waals surface area (Å²) in [5, 5.41) is 0. The van der Waals surface area contributed by atoms with Gasteiger partial charge in [0.05, 0.1) is 13.7 Å². The fourth-order valence-corrected chi connectivity index (χ4v) is 2.36. The van der Waals surface area contributed by atoms with Crippen molar-refractivity contribution in [2.24, 2.45) is 0 Å². The predicted octanol–water partition coefficient (Wildman–Crippen LogP) is 2.44. The van der Waals surface area contributed by atoms with Crippen molar-refractivity contribution >= 4 is 11.5 Å². The molecule has 0 aliphatic carbocycles. The molecule has 0 saturated heterocycles. The molecule has 3 rings (SSSR count). The minimum Gasteiger partial charge on any atom is -0.497 e. The van der Waals surface area contributed by atoms with Gasteiger partial charge >= 0.3 is 0 Å². The lowest BCUT2D eigenvalue weighted by Crippen LogP contribution is -2.06. The van der Waals surface area contributed by atoms with Crippen molar-refractivity contribution in [2.45, 2.75) is 6.42 Å². The summed E-state index contributed by atoms with van der Waals surface area (Å²) < 4.78 is 10.5. The maximum atomic E-state index is 12.5. The molecule has 4 heteroatoms. The lowest BCUT2D eigenvalue weighted by molar-refractivity contribution is 0.103. The van der Waals surface area contributed by atoms with Crippen LogP contribution in [0.25, 0.3) is 0 Å². The monoisotopic (exact) mass is 269 g/mol. The lowest BCUT2D eigenvalue weighted by atomic mass is 9.99. The molecule has 0 spiro atoms. The molecular weight excluding hydrogens is 254 g/mol. The maximum absolute atomic E-state index is 12.5. The van der Waals surface area contributed by atoms with Gasteiger partial charge in [0, 0.05) is 29.3 Å². The molecule has 2 N–H and O–H groups in total. The highest BCUT2D eigenvalue weighted by Crippen LogP contribution is 2.28. The number of hydrogen-bond donors (Lipinski definition) is 1. The number of nitrogen functional groups attached to an aromatic ring is 1. The molecule has 20 heavy (non-hydrogen) atoms. The summed E-state index contributed by atoms with van der Waals surface area (Å²) in [5.41, 5.74) is 8.54. The molecular formula is C16H15NO3. The number of ether oxygens (including phenoxy) is 2. The summed E-state index contributed by atoms with van der Waals surface area (Å²) in [4.78, 5) is 12.5. The van der Waals surface area contributed by atoms with Crippen LogP contribution in [0.1, 0.15) is 21.5 Å². The van der Waals surface area contributed by atoms with E-state index in [1.165, 1.54) is 0 Å². The highest BCUT2D eigenvalue weighted by Gasteiger charge is 2.17. The summed E-state index contributed by atoms with van der Waals surface area (Å²) in [7, 11) is 1.57. The molecule has 102 valence electrons. The third-order valence-corrected chi connectivity index (χ3v) is 3.46. The molecule has 0 atom stereocenters. The minimum atomic E-state index is -0.0835. The van der Waals surface area contributed by atoms with Crippen LogP contribution >= 0.6 is 0 Å². The van der Waals surface area contributed by atoms with E-state index >= 15 is 0 Å². The zero-order chi connectivity index (χ0) is 14.1. The second-order valence-corrected chi connectivity index (χ2v) is 4.70. The van der Waals surface area contributed by atoms with Crippen LogP contribution in [0, 0.1) is 0 Å². The summed E-state index contributed by atoms with van der Waals surface area (Å²) in [6, 6.07) is 10.6. The van der Waals surface area contributed by atoms with Crippen molar-refractivity contribution < 1.29 is 14.3 Å². The molecule has 1 heterocycles. The Morgan fingerprint density at radius 1 is 1.25 bits per heavy atom. The Labute approximate surface area is 117 Å². The molecule has 0 amide bonds. The van der Waals surface area contributed by atoms with E-state index in [0.717, 1.165) is 17.7 Å². The first-order valence-electron chi connectivity index (χ1n) is 6.43. The van der Waals surface area contributed by atoms with Crippen molar-refractivity contribution in [2.75, 3.05) is 19.5 Å². The first kappa shape index (κ1) is 12.5. The Balaban J connectivity index is 1.96. The van der Waals surface area contributed by atoms with Gasteiger partial charge in [-0.05, 0) is 35.9 Å². The molecule has 1 aliphatic rings. The largest absolute Gasteiger partial charge is 0.497 e. The first-order valence-corrected chi connectivity index (χ1v) is 6.43. The Kier molecular flexibility index (Phi) is 3.06. The predicted molar refractivity (Wildman–Crippen MR) is 76.5 cm³/mol. The zero-order valence-corrected chi connectivity index (χ0v) is 11.2. The van der Waals surface area contributed by atoms with Gasteiger partial charge in [-0.15, -0.1) is 0 Å². The zero-order valence-electron chi connectivity index (χ0n) is 11.2. The Hall–Kier alpha value is -2.49. The van der Waals surface area contributed by atoms with E-state index in [0.29, 0.717) is 29.2 Å². The summed E-state index contributed by atoms with van der Waals surface area (Å²) in [5.74, 6) is 1.42. The van der Waals surface area contributed by atoms with Crippen molar-refractivity contribution in [1.29, 1.82) is 0 Å². The number of nitrogens with two attached hydrogens (primary N) is 1. The number of ketones is 1. The normalized spacial score (nSPS) is 12.7. The second-order valence-electron chi connectivity index (χ2n) is 4.70. The fraction of sp³-hybridized carbons (Fsp3) is 0.188. The van der Waals surface area contributed by atoms with Gasteiger partial charge in [0.15, 0.2) is 5.78 Å². The third-order valence-electron chi connectivity index (χ3n) is 3.46. The van der Waals surface area contributed by atoms with Gasteiger partial charge in [-0.25, -0.2) is 0 Å². The molecule has 4 nitrogen and oxygen atoms in total. The van der Waals surface area contributed by atoms with Crippen LogP contribution in [0.2, 0.25) is 0 Å². The number of hydrogen-bond acceptors (Lipinski definition) is 4. The number of benzene rings is 2. The molecule has 0 aromatic heterocycles. The van der Waals surface area contributed by atoms with Gasteiger partial charge in [-0.1, -0.05) is 0 Å². The van der Waals surface area contributed by atoms with E-state index in [4.69, 9.17) is 15.2 Å². The number of carbonyl (C=O) groups is 1. The van der Waals surface area contributed by atoms with Crippen molar-refractivity contribution in [3.05, 3.63) is 53.1 Å². The van der Waals surface area contributed by atoms with Crippen LogP contribution < -0.4 is 15.2 Å². The number of carbonyl (C=O) groups excluding carboxylic acids is 1. The number of anilines is 1. The topological polar surface area (TPSA) is 61.5 Å². The van der Waals surface area contributed by atoms with Gasteiger partial charge in [0.25, 0.3) is 0 Å². The van der Waals surface area contributed by atoms with Crippen LogP contribution in [0.15, 0.2) is 36.4 Å². The quantitative estimate of drug-likeness (QED) is 0.686. The van der Waals surface area contributed by atoms with Gasteiger partial charge in [-0.3, -0.25) is 4.79 Å². The minimum absolute atomic E-state index is 0.0835. The molecule has 1 aliphatic heterocycles. The molecule has 0 radical (unpaired) electrons. The SMILES string of the molecule is COc1ccc(C(=O)c2ccc3c(c2)CCO3)c(N)c1. The van der Waals surface area contributed by atoms with E-state index in [-0.39, 0.29) is 5.78 Å². The van der Waals surface area contributed by atoms with Crippen LogP contribution in [-0.2, 0) is 6.42 Å². The smallest absolute Gasteiger partial charge is 0.195 e. The van der Waals surface area contributed by atoms with Gasteiger partial charge in [-0.2, -0.15) is 0 Å². The Bertz CT molecular complexity index is 679. The van der Waals surface area contributed by atoms with Crippen LogP contribution in [0.4, 0.5) is 5.69 Å². The average molecular weight is 269 g/mol. The van der Waals surface area contributed by atoms with E-state index in [1.807, 2.05) is 12.1 Å². The number of methoxy groups -OCH3 is 1. The van der Waals surface area contributed by atoms with Crippen LogP contribution in [0.3, 0.4) is 0 Å². The molecule has 0 unspecified atom stereocenters. The molecule has 2 aromatic carbocycles. The molecule has 0 fully saturated rings. The highest BCUT2D eigenvalue weighted by atomic mass is 16.5. The van der Waals surface area contributed by atoms with E-state index in [9.17, 15) is 4.79 Å². The average Bonchev–Trinajstić information content (AvgIpc) is 2.93. The number of fused-ring (bicyclic) bond motifs is 1. The summed E-state index contributed by atoms with van der Waals surface area (Å²) in [6.45, 7) is 0.678. The summed E-state index contributed by atoms with van der Waals surface area (Å²) in [6.07, 6.45) is 0.842. The van der Waals surface area contributed by atoms with Gasteiger partial charge in [0.1, 0.15) is 11.5 Å². The molecule has 0 saturated carbocycles. The van der Waals surface area contributed by atoms with Crippen molar-refractivity contribution in [3.63, 3.8) is 0 Å². The van der Waals surface area contributed by atoms with Gasteiger partial charge in [0.2, 0.25) is 0 Å². The highest BCUT2D eigenvalue weighted by molar-refractivity contribution is 6.12. The molecule has 2 aromatic rings.